The lowest BCUT2D eigenvalue weighted by molar-refractivity contribution is -0.0522. The predicted molar refractivity (Wildman–Crippen MR) is 110 cm³/mol. The number of aromatic nitrogens is 2. The molecule has 11 heteroatoms. The van der Waals surface area contributed by atoms with Crippen molar-refractivity contribution in [2.45, 2.75) is 25.9 Å². The van der Waals surface area contributed by atoms with Gasteiger partial charge in [-0.25, -0.2) is 14.4 Å². The fourth-order valence-corrected chi connectivity index (χ4v) is 4.18. The SMILES string of the molecule is Nc1nc2cnc(C(=O)N3CCOCC3c3ccc(OC(F)F)c(F)c3)cc2c2c1COC2. The van der Waals surface area contributed by atoms with E-state index in [1.54, 1.807) is 6.07 Å². The summed E-state index contributed by atoms with van der Waals surface area (Å²) < 4.78 is 54.3. The summed E-state index contributed by atoms with van der Waals surface area (Å²) in [4.78, 5) is 23.6. The van der Waals surface area contributed by atoms with Crippen molar-refractivity contribution >= 4 is 22.6 Å². The minimum Gasteiger partial charge on any atom is -0.432 e. The van der Waals surface area contributed by atoms with Crippen LogP contribution in [0.1, 0.15) is 33.2 Å². The fourth-order valence-electron chi connectivity index (χ4n) is 4.18. The Hall–Kier alpha value is -3.44. The zero-order chi connectivity index (χ0) is 23.1. The average Bonchev–Trinajstić information content (AvgIpc) is 3.31. The molecule has 0 aliphatic carbocycles. The zero-order valence-electron chi connectivity index (χ0n) is 17.3. The molecular formula is C22H19F3N4O4. The van der Waals surface area contributed by atoms with Crippen molar-refractivity contribution in [3.05, 3.63) is 58.7 Å². The van der Waals surface area contributed by atoms with Gasteiger partial charge in [0.2, 0.25) is 0 Å². The number of anilines is 1. The third kappa shape index (κ3) is 3.93. The van der Waals surface area contributed by atoms with Gasteiger partial charge in [0.15, 0.2) is 11.6 Å². The van der Waals surface area contributed by atoms with Crippen LogP contribution in [0.25, 0.3) is 10.9 Å². The Morgan fingerprint density at radius 1 is 1.21 bits per heavy atom. The van der Waals surface area contributed by atoms with Crippen molar-refractivity contribution in [3.8, 4) is 5.75 Å². The summed E-state index contributed by atoms with van der Waals surface area (Å²) in [5.41, 5.74) is 8.82. The van der Waals surface area contributed by atoms with Gasteiger partial charge in [-0.2, -0.15) is 8.78 Å². The molecule has 1 saturated heterocycles. The Kier molecular flexibility index (Phi) is 5.51. The number of ether oxygens (including phenoxy) is 3. The maximum absolute atomic E-state index is 14.3. The van der Waals surface area contributed by atoms with Crippen LogP contribution in [0.5, 0.6) is 5.75 Å². The number of fused-ring (bicyclic) bond motifs is 3. The van der Waals surface area contributed by atoms with Gasteiger partial charge in [0, 0.05) is 17.5 Å². The molecular weight excluding hydrogens is 441 g/mol. The number of morpholine rings is 1. The van der Waals surface area contributed by atoms with E-state index in [1.165, 1.54) is 17.2 Å². The Balaban J connectivity index is 1.47. The summed E-state index contributed by atoms with van der Waals surface area (Å²) in [6.07, 6.45) is 1.49. The highest BCUT2D eigenvalue weighted by atomic mass is 19.3. The molecule has 4 heterocycles. The number of nitrogen functional groups attached to an aromatic ring is 1. The molecule has 1 aromatic carbocycles. The van der Waals surface area contributed by atoms with E-state index in [4.69, 9.17) is 15.2 Å². The van der Waals surface area contributed by atoms with Gasteiger partial charge in [-0.15, -0.1) is 0 Å². The smallest absolute Gasteiger partial charge is 0.387 e. The Labute approximate surface area is 186 Å². The molecule has 172 valence electrons. The first-order valence-corrected chi connectivity index (χ1v) is 10.2. The molecule has 0 spiro atoms. The number of rotatable bonds is 4. The highest BCUT2D eigenvalue weighted by Crippen LogP contribution is 2.33. The lowest BCUT2D eigenvalue weighted by Gasteiger charge is -2.35. The summed E-state index contributed by atoms with van der Waals surface area (Å²) >= 11 is 0. The molecule has 0 bridgehead atoms. The zero-order valence-corrected chi connectivity index (χ0v) is 17.3. The average molecular weight is 460 g/mol. The quantitative estimate of drug-likeness (QED) is 0.638. The number of pyridine rings is 2. The van der Waals surface area contributed by atoms with Crippen LogP contribution in [0, 0.1) is 5.82 Å². The van der Waals surface area contributed by atoms with Crippen molar-refractivity contribution in [1.82, 2.24) is 14.9 Å². The Morgan fingerprint density at radius 3 is 2.82 bits per heavy atom. The third-order valence-corrected chi connectivity index (χ3v) is 5.78. The fraction of sp³-hybridized carbons (Fsp3) is 0.318. The number of nitrogens with two attached hydrogens (primary N) is 1. The minimum atomic E-state index is -3.14. The van der Waals surface area contributed by atoms with Gasteiger partial charge in [-0.3, -0.25) is 4.79 Å². The second kappa shape index (κ2) is 8.49. The van der Waals surface area contributed by atoms with Crippen molar-refractivity contribution < 1.29 is 32.2 Å². The van der Waals surface area contributed by atoms with Crippen LogP contribution >= 0.6 is 0 Å². The summed E-state index contributed by atoms with van der Waals surface area (Å²) in [6.45, 7) is -1.75. The maximum atomic E-state index is 14.3. The van der Waals surface area contributed by atoms with Crippen molar-refractivity contribution in [2.24, 2.45) is 0 Å². The van der Waals surface area contributed by atoms with E-state index in [0.29, 0.717) is 36.7 Å². The number of halogens is 3. The van der Waals surface area contributed by atoms with Crippen LogP contribution in [0.15, 0.2) is 30.5 Å². The summed E-state index contributed by atoms with van der Waals surface area (Å²) in [5.74, 6) is -1.51. The second-order valence-corrected chi connectivity index (χ2v) is 7.69. The van der Waals surface area contributed by atoms with E-state index in [9.17, 15) is 18.0 Å². The van der Waals surface area contributed by atoms with Crippen molar-refractivity contribution in [1.29, 1.82) is 0 Å². The normalized spacial score (nSPS) is 18.1. The first kappa shape index (κ1) is 21.4. The van der Waals surface area contributed by atoms with Crippen molar-refractivity contribution in [2.75, 3.05) is 25.5 Å². The Morgan fingerprint density at radius 2 is 2.03 bits per heavy atom. The molecule has 2 aliphatic heterocycles. The van der Waals surface area contributed by atoms with Gasteiger partial charge in [0.05, 0.1) is 44.2 Å². The number of carbonyl (C=O) groups excluding carboxylic acids is 1. The standard InChI is InChI=1S/C22H19F3N4O4/c23-15-5-11(1-2-19(15)33-22(24)25)18-10-31-4-3-29(18)21(30)16-6-12-13-8-32-9-14(13)20(26)28-17(12)7-27-16/h1-2,5-7,18,22H,3-4,8-10H2,(H2,26,28). The molecule has 1 fully saturated rings. The topological polar surface area (TPSA) is 99.8 Å². The van der Waals surface area contributed by atoms with Crippen LogP contribution in [-0.4, -0.2) is 47.1 Å². The molecule has 5 rings (SSSR count). The first-order valence-electron chi connectivity index (χ1n) is 10.2. The van der Waals surface area contributed by atoms with Gasteiger partial charge < -0.3 is 24.8 Å². The van der Waals surface area contributed by atoms with Crippen LogP contribution < -0.4 is 10.5 Å². The number of hydrogen-bond donors (Lipinski definition) is 1. The number of amides is 1. The molecule has 3 aromatic rings. The lowest BCUT2D eigenvalue weighted by atomic mass is 10.0. The van der Waals surface area contributed by atoms with E-state index >= 15 is 0 Å². The summed E-state index contributed by atoms with van der Waals surface area (Å²) in [6, 6.07) is 4.65. The van der Waals surface area contributed by atoms with E-state index in [0.717, 1.165) is 28.6 Å². The number of nitrogens with zero attached hydrogens (tertiary/aromatic N) is 3. The molecule has 1 amide bonds. The minimum absolute atomic E-state index is 0.120. The Bertz CT molecular complexity index is 1240. The first-order chi connectivity index (χ1) is 15.9. The van der Waals surface area contributed by atoms with Gasteiger partial charge >= 0.3 is 6.61 Å². The third-order valence-electron chi connectivity index (χ3n) is 5.78. The van der Waals surface area contributed by atoms with Gasteiger partial charge in [0.25, 0.3) is 5.91 Å². The molecule has 33 heavy (non-hydrogen) atoms. The van der Waals surface area contributed by atoms with Crippen molar-refractivity contribution in [3.63, 3.8) is 0 Å². The highest BCUT2D eigenvalue weighted by Gasteiger charge is 2.31. The summed E-state index contributed by atoms with van der Waals surface area (Å²) in [7, 11) is 0. The van der Waals surface area contributed by atoms with Crippen LogP contribution in [0.4, 0.5) is 19.0 Å². The van der Waals surface area contributed by atoms with Crippen LogP contribution in [0.2, 0.25) is 0 Å². The van der Waals surface area contributed by atoms with E-state index in [2.05, 4.69) is 14.7 Å². The lowest BCUT2D eigenvalue weighted by Crippen LogP contribution is -2.43. The van der Waals surface area contributed by atoms with E-state index in [-0.39, 0.29) is 24.8 Å². The molecule has 1 atom stereocenters. The number of alkyl halides is 2. The number of hydrogen-bond acceptors (Lipinski definition) is 7. The molecule has 2 aliphatic rings. The predicted octanol–water partition coefficient (Wildman–Crippen LogP) is 3.20. The monoisotopic (exact) mass is 460 g/mol. The molecule has 0 saturated carbocycles. The van der Waals surface area contributed by atoms with Gasteiger partial charge in [0.1, 0.15) is 11.5 Å². The molecule has 8 nitrogen and oxygen atoms in total. The number of carbonyl (C=O) groups is 1. The van der Waals surface area contributed by atoms with Gasteiger partial charge in [-0.05, 0) is 29.3 Å². The number of benzene rings is 1. The molecule has 2 N–H and O–H groups in total. The molecule has 0 radical (unpaired) electrons. The highest BCUT2D eigenvalue weighted by molar-refractivity contribution is 5.97. The van der Waals surface area contributed by atoms with Gasteiger partial charge in [-0.1, -0.05) is 6.07 Å². The molecule has 1 unspecified atom stereocenters. The summed E-state index contributed by atoms with van der Waals surface area (Å²) in [5, 5.41) is 0.736. The van der Waals surface area contributed by atoms with Crippen LogP contribution in [-0.2, 0) is 22.7 Å². The molecule has 2 aromatic heterocycles. The maximum Gasteiger partial charge on any atom is 0.387 e. The van der Waals surface area contributed by atoms with E-state index < -0.39 is 24.2 Å². The van der Waals surface area contributed by atoms with E-state index in [1.807, 2.05) is 0 Å². The second-order valence-electron chi connectivity index (χ2n) is 7.69. The largest absolute Gasteiger partial charge is 0.432 e. The van der Waals surface area contributed by atoms with Crippen LogP contribution in [0.3, 0.4) is 0 Å².